The first-order valence-electron chi connectivity index (χ1n) is 7.92. The monoisotopic (exact) mass is 368 g/mol. The Balaban J connectivity index is 2.17. The number of rotatable bonds is 8. The Morgan fingerprint density at radius 3 is 2.44 bits per heavy atom. The summed E-state index contributed by atoms with van der Waals surface area (Å²) in [4.78, 5) is 12.4. The second kappa shape index (κ2) is 9.73. The van der Waals surface area contributed by atoms with Crippen molar-refractivity contribution in [2.24, 2.45) is 5.10 Å². The second-order valence-electron chi connectivity index (χ2n) is 5.16. The van der Waals surface area contributed by atoms with E-state index >= 15 is 0 Å². The molecule has 1 amide bonds. The Morgan fingerprint density at radius 1 is 1.07 bits per heavy atom. The van der Waals surface area contributed by atoms with Gasteiger partial charge in [0, 0.05) is 11.6 Å². The van der Waals surface area contributed by atoms with E-state index in [1.165, 1.54) is 20.4 Å². The number of nitrogens with one attached hydrogen (secondary N) is 1. The number of hydrogen-bond donors (Lipinski definition) is 1. The summed E-state index contributed by atoms with van der Waals surface area (Å²) in [7, 11) is 4.56. The number of terminal acetylenes is 1. The molecular weight excluding hydrogens is 348 g/mol. The number of carbonyl (C=O) groups excluding carboxylic acids is 1. The minimum absolute atomic E-state index is 0.114. The van der Waals surface area contributed by atoms with Gasteiger partial charge in [-0.2, -0.15) is 5.10 Å². The number of benzene rings is 2. The van der Waals surface area contributed by atoms with Gasteiger partial charge in [0.2, 0.25) is 0 Å². The number of hydrazone groups is 1. The number of amides is 1. The van der Waals surface area contributed by atoms with Gasteiger partial charge >= 0.3 is 0 Å². The van der Waals surface area contributed by atoms with Crippen LogP contribution in [0.15, 0.2) is 41.5 Å². The maximum atomic E-state index is 12.4. The maximum Gasteiger partial charge on any atom is 0.275 e. The van der Waals surface area contributed by atoms with Crippen molar-refractivity contribution < 1.29 is 23.7 Å². The Morgan fingerprint density at radius 2 is 1.78 bits per heavy atom. The Bertz CT molecular complexity index is 871. The fourth-order valence-corrected chi connectivity index (χ4v) is 2.21. The van der Waals surface area contributed by atoms with Crippen molar-refractivity contribution in [2.45, 2.75) is 0 Å². The molecular formula is C20H20N2O5. The largest absolute Gasteiger partial charge is 0.497 e. The van der Waals surface area contributed by atoms with Gasteiger partial charge < -0.3 is 18.9 Å². The van der Waals surface area contributed by atoms with Crippen LogP contribution in [0.4, 0.5) is 0 Å². The summed E-state index contributed by atoms with van der Waals surface area (Å²) in [5.41, 5.74) is 3.38. The summed E-state index contributed by atoms with van der Waals surface area (Å²) in [5.74, 6) is 4.07. The van der Waals surface area contributed by atoms with Crippen LogP contribution in [0, 0.1) is 12.3 Å². The van der Waals surface area contributed by atoms with E-state index in [9.17, 15) is 4.79 Å². The molecule has 0 aliphatic carbocycles. The molecule has 0 spiro atoms. The lowest BCUT2D eigenvalue weighted by atomic mass is 10.2. The van der Waals surface area contributed by atoms with Crippen LogP contribution in [0.5, 0.6) is 23.0 Å². The number of hydrogen-bond acceptors (Lipinski definition) is 6. The van der Waals surface area contributed by atoms with Crippen LogP contribution < -0.4 is 24.4 Å². The lowest BCUT2D eigenvalue weighted by molar-refractivity contribution is 0.0952. The lowest BCUT2D eigenvalue weighted by Crippen LogP contribution is -2.18. The third kappa shape index (κ3) is 5.16. The van der Waals surface area contributed by atoms with E-state index < -0.39 is 5.91 Å². The first kappa shape index (κ1) is 19.7. The molecule has 0 saturated carbocycles. The Labute approximate surface area is 157 Å². The van der Waals surface area contributed by atoms with Gasteiger partial charge in [-0.25, -0.2) is 5.43 Å². The molecule has 7 nitrogen and oxygen atoms in total. The highest BCUT2D eigenvalue weighted by Gasteiger charge is 2.13. The van der Waals surface area contributed by atoms with Crippen molar-refractivity contribution in [3.05, 3.63) is 47.5 Å². The quantitative estimate of drug-likeness (QED) is 0.440. The van der Waals surface area contributed by atoms with Gasteiger partial charge in [0.25, 0.3) is 5.91 Å². The van der Waals surface area contributed by atoms with Gasteiger partial charge in [0.1, 0.15) is 29.6 Å². The fourth-order valence-electron chi connectivity index (χ4n) is 2.21. The summed E-state index contributed by atoms with van der Waals surface area (Å²) in [5, 5.41) is 3.98. The van der Waals surface area contributed by atoms with Crippen molar-refractivity contribution in [1.29, 1.82) is 0 Å². The molecule has 2 aromatic rings. The predicted octanol–water partition coefficient (Wildman–Crippen LogP) is 2.49. The second-order valence-corrected chi connectivity index (χ2v) is 5.16. The molecule has 2 aromatic carbocycles. The van der Waals surface area contributed by atoms with Gasteiger partial charge in [-0.3, -0.25) is 4.79 Å². The molecule has 0 unspecified atom stereocenters. The van der Waals surface area contributed by atoms with Gasteiger partial charge in [-0.15, -0.1) is 6.42 Å². The van der Waals surface area contributed by atoms with E-state index in [-0.39, 0.29) is 6.61 Å². The van der Waals surface area contributed by atoms with Crippen molar-refractivity contribution in [2.75, 3.05) is 27.9 Å². The molecule has 0 aliphatic heterocycles. The molecule has 140 valence electrons. The molecule has 0 aromatic heterocycles. The molecule has 1 N–H and O–H groups in total. The number of methoxy groups -OCH3 is 3. The molecule has 0 fully saturated rings. The first-order valence-corrected chi connectivity index (χ1v) is 7.92. The van der Waals surface area contributed by atoms with Crippen LogP contribution in [0.2, 0.25) is 0 Å². The van der Waals surface area contributed by atoms with Crippen LogP contribution >= 0.6 is 0 Å². The Hall–Kier alpha value is -3.66. The summed E-state index contributed by atoms with van der Waals surface area (Å²) in [6.07, 6.45) is 6.67. The van der Waals surface area contributed by atoms with Gasteiger partial charge in [0.05, 0.1) is 33.1 Å². The Kier molecular flexibility index (Phi) is 7.08. The van der Waals surface area contributed by atoms with Crippen LogP contribution in [0.25, 0.3) is 0 Å². The summed E-state index contributed by atoms with van der Waals surface area (Å²) in [6, 6.07) is 10.0. The van der Waals surface area contributed by atoms with E-state index in [4.69, 9.17) is 25.4 Å². The predicted molar refractivity (Wildman–Crippen MR) is 102 cm³/mol. The van der Waals surface area contributed by atoms with E-state index in [1.807, 2.05) is 0 Å². The van der Waals surface area contributed by atoms with E-state index in [1.54, 1.807) is 43.5 Å². The normalized spacial score (nSPS) is 10.1. The minimum atomic E-state index is -0.431. The lowest BCUT2D eigenvalue weighted by Gasteiger charge is -2.10. The third-order valence-corrected chi connectivity index (χ3v) is 3.55. The zero-order chi connectivity index (χ0) is 19.6. The number of ether oxygens (including phenoxy) is 4. The molecule has 0 radical (unpaired) electrons. The molecule has 27 heavy (non-hydrogen) atoms. The highest BCUT2D eigenvalue weighted by Crippen LogP contribution is 2.25. The van der Waals surface area contributed by atoms with E-state index in [0.717, 1.165) is 0 Å². The average Bonchev–Trinajstić information content (AvgIpc) is 2.71. The van der Waals surface area contributed by atoms with Crippen LogP contribution in [-0.4, -0.2) is 40.1 Å². The maximum absolute atomic E-state index is 12.4. The molecule has 2 rings (SSSR count). The van der Waals surface area contributed by atoms with Crippen molar-refractivity contribution in [1.82, 2.24) is 5.43 Å². The standard InChI is InChI=1S/C20H20N2O5/c1-5-10-27-18-9-7-15(24-2)11-14(18)13-21-22-20(23)17-8-6-16(25-3)12-19(17)26-4/h1,6-9,11-13H,10H2,2-4H3,(H,22,23). The summed E-state index contributed by atoms with van der Waals surface area (Å²) in [6.45, 7) is 0.114. The molecule has 0 saturated heterocycles. The zero-order valence-corrected chi connectivity index (χ0v) is 15.3. The number of carbonyl (C=O) groups is 1. The van der Waals surface area contributed by atoms with E-state index in [0.29, 0.717) is 34.1 Å². The molecule has 0 atom stereocenters. The van der Waals surface area contributed by atoms with Crippen LogP contribution in [0.3, 0.4) is 0 Å². The highest BCUT2D eigenvalue weighted by molar-refractivity contribution is 5.97. The van der Waals surface area contributed by atoms with Crippen LogP contribution in [0.1, 0.15) is 15.9 Å². The molecule has 0 aliphatic rings. The van der Waals surface area contributed by atoms with Crippen molar-refractivity contribution in [3.8, 4) is 35.3 Å². The van der Waals surface area contributed by atoms with Gasteiger partial charge in [0.15, 0.2) is 0 Å². The number of nitrogens with zero attached hydrogens (tertiary/aromatic N) is 1. The summed E-state index contributed by atoms with van der Waals surface area (Å²) >= 11 is 0. The van der Waals surface area contributed by atoms with Crippen LogP contribution in [-0.2, 0) is 0 Å². The molecule has 0 heterocycles. The SMILES string of the molecule is C#CCOc1ccc(OC)cc1C=NNC(=O)c1ccc(OC)cc1OC. The van der Waals surface area contributed by atoms with Crippen molar-refractivity contribution >= 4 is 12.1 Å². The minimum Gasteiger partial charge on any atom is -0.497 e. The smallest absolute Gasteiger partial charge is 0.275 e. The zero-order valence-electron chi connectivity index (χ0n) is 15.3. The highest BCUT2D eigenvalue weighted by atomic mass is 16.5. The van der Waals surface area contributed by atoms with Crippen molar-refractivity contribution in [3.63, 3.8) is 0 Å². The first-order chi connectivity index (χ1) is 13.1. The fraction of sp³-hybridized carbons (Fsp3) is 0.200. The topological polar surface area (TPSA) is 78.4 Å². The molecule has 7 heteroatoms. The van der Waals surface area contributed by atoms with Gasteiger partial charge in [-0.05, 0) is 30.3 Å². The average molecular weight is 368 g/mol. The molecule has 0 bridgehead atoms. The van der Waals surface area contributed by atoms with Gasteiger partial charge in [-0.1, -0.05) is 5.92 Å². The third-order valence-electron chi connectivity index (χ3n) is 3.55. The summed E-state index contributed by atoms with van der Waals surface area (Å²) < 4.78 is 21.0. The van der Waals surface area contributed by atoms with E-state index in [2.05, 4.69) is 16.4 Å².